The van der Waals surface area contributed by atoms with Crippen LogP contribution in [0.1, 0.15) is 32.1 Å². The van der Waals surface area contributed by atoms with Crippen molar-refractivity contribution in [3.8, 4) is 0 Å². The van der Waals surface area contributed by atoms with Gasteiger partial charge in [-0.2, -0.15) is 0 Å². The van der Waals surface area contributed by atoms with Crippen molar-refractivity contribution in [1.82, 2.24) is 5.32 Å². The highest BCUT2D eigenvalue weighted by molar-refractivity contribution is 9.10. The van der Waals surface area contributed by atoms with Crippen LogP contribution in [-0.4, -0.2) is 18.0 Å². The summed E-state index contributed by atoms with van der Waals surface area (Å²) in [5.41, 5.74) is 7.17. The molecule has 4 nitrogen and oxygen atoms in total. The number of nitrogen functional groups attached to an aromatic ring is 1. The van der Waals surface area contributed by atoms with Gasteiger partial charge in [0.25, 0.3) is 0 Å². The van der Waals surface area contributed by atoms with Crippen LogP contribution in [-0.2, 0) is 4.79 Å². The summed E-state index contributed by atoms with van der Waals surface area (Å²) in [4.78, 5) is 12.4. The number of carbonyl (C=O) groups excluding carboxylic acids is 1. The maximum absolute atomic E-state index is 12.4. The third-order valence-corrected chi connectivity index (χ3v) is 4.95. The van der Waals surface area contributed by atoms with Crippen LogP contribution in [0.2, 0.25) is 0 Å². The van der Waals surface area contributed by atoms with Crippen LogP contribution in [0.5, 0.6) is 0 Å². The molecule has 20 heavy (non-hydrogen) atoms. The molecule has 0 aromatic heterocycles. The molecule has 1 saturated carbocycles. The molecule has 4 N–H and O–H groups in total. The quantitative estimate of drug-likeness (QED) is 0.727. The summed E-state index contributed by atoms with van der Waals surface area (Å²) in [6.07, 6.45) is 5.98. The monoisotopic (exact) mass is 337 g/mol. The molecular formula is C15H20BrN3O. The first kappa shape index (κ1) is 13.9. The number of amides is 1. The Morgan fingerprint density at radius 1 is 1.35 bits per heavy atom. The zero-order chi connectivity index (χ0) is 14.1. The van der Waals surface area contributed by atoms with Crippen LogP contribution in [0, 0.1) is 5.92 Å². The lowest BCUT2D eigenvalue weighted by atomic mass is 9.85. The number of hydrogen-bond acceptors (Lipinski definition) is 3. The Hall–Kier alpha value is -1.07. The van der Waals surface area contributed by atoms with E-state index in [1.165, 1.54) is 25.7 Å². The van der Waals surface area contributed by atoms with Gasteiger partial charge in [0.1, 0.15) is 0 Å². The minimum atomic E-state index is -0.0820. The molecule has 1 heterocycles. The van der Waals surface area contributed by atoms with E-state index in [9.17, 15) is 4.79 Å². The lowest BCUT2D eigenvalue weighted by molar-refractivity contribution is -0.117. The zero-order valence-electron chi connectivity index (χ0n) is 11.4. The van der Waals surface area contributed by atoms with Crippen molar-refractivity contribution in [2.75, 3.05) is 11.1 Å². The maximum atomic E-state index is 12.4. The summed E-state index contributed by atoms with van der Waals surface area (Å²) >= 11 is 3.40. The fraction of sp³-hybridized carbons (Fsp3) is 0.533. The van der Waals surface area contributed by atoms with Crippen molar-refractivity contribution in [2.24, 2.45) is 5.92 Å². The summed E-state index contributed by atoms with van der Waals surface area (Å²) in [5.74, 6) is 0.698. The highest BCUT2D eigenvalue weighted by atomic mass is 79.9. The normalized spacial score (nSPS) is 28.9. The number of hydrogen-bond donors (Lipinski definition) is 3. The molecule has 1 aromatic carbocycles. The molecule has 1 aliphatic heterocycles. The first-order valence-electron chi connectivity index (χ1n) is 7.25. The van der Waals surface area contributed by atoms with Crippen LogP contribution < -0.4 is 16.4 Å². The molecule has 1 amide bonds. The second-order valence-electron chi connectivity index (χ2n) is 5.83. The third kappa shape index (κ3) is 2.83. The molecular weight excluding hydrogens is 318 g/mol. The Morgan fingerprint density at radius 2 is 2.15 bits per heavy atom. The molecule has 0 bridgehead atoms. The predicted molar refractivity (Wildman–Crippen MR) is 84.5 cm³/mol. The van der Waals surface area contributed by atoms with Crippen LogP contribution >= 0.6 is 15.9 Å². The van der Waals surface area contributed by atoms with Crippen LogP contribution in [0.4, 0.5) is 11.4 Å². The van der Waals surface area contributed by atoms with E-state index in [2.05, 4.69) is 26.6 Å². The number of fused-ring (bicyclic) bond motifs is 1. The summed E-state index contributed by atoms with van der Waals surface area (Å²) in [5, 5.41) is 6.43. The van der Waals surface area contributed by atoms with E-state index < -0.39 is 0 Å². The van der Waals surface area contributed by atoms with E-state index in [1.54, 1.807) is 6.07 Å². The van der Waals surface area contributed by atoms with Gasteiger partial charge in [-0.25, -0.2) is 0 Å². The van der Waals surface area contributed by atoms with Crippen molar-refractivity contribution in [3.63, 3.8) is 0 Å². The van der Waals surface area contributed by atoms with Gasteiger partial charge < -0.3 is 16.4 Å². The van der Waals surface area contributed by atoms with E-state index in [0.717, 1.165) is 10.9 Å². The number of rotatable bonds is 2. The minimum absolute atomic E-state index is 0.0317. The Morgan fingerprint density at radius 3 is 2.95 bits per heavy atom. The van der Waals surface area contributed by atoms with Gasteiger partial charge in [-0.05, 0) is 43.4 Å². The lowest BCUT2D eigenvalue weighted by Gasteiger charge is -2.24. The van der Waals surface area contributed by atoms with Gasteiger partial charge in [0, 0.05) is 10.5 Å². The second-order valence-corrected chi connectivity index (χ2v) is 6.74. The second kappa shape index (κ2) is 5.74. The number of carbonyl (C=O) groups is 1. The van der Waals surface area contributed by atoms with Gasteiger partial charge in [-0.15, -0.1) is 0 Å². The van der Waals surface area contributed by atoms with E-state index in [4.69, 9.17) is 5.73 Å². The molecule has 0 spiro atoms. The maximum Gasteiger partial charge on any atom is 0.241 e. The van der Waals surface area contributed by atoms with Crippen molar-refractivity contribution >= 4 is 33.2 Å². The van der Waals surface area contributed by atoms with Gasteiger partial charge in [-0.1, -0.05) is 28.8 Å². The molecule has 5 heteroatoms. The lowest BCUT2D eigenvalue weighted by Crippen LogP contribution is -2.40. The Balaban J connectivity index is 1.66. The van der Waals surface area contributed by atoms with E-state index in [1.807, 2.05) is 12.1 Å². The molecule has 2 fully saturated rings. The van der Waals surface area contributed by atoms with Gasteiger partial charge in [0.2, 0.25) is 5.91 Å². The van der Waals surface area contributed by atoms with E-state index >= 15 is 0 Å². The Kier molecular flexibility index (Phi) is 3.98. The largest absolute Gasteiger partial charge is 0.397 e. The fourth-order valence-corrected chi connectivity index (χ4v) is 3.74. The number of benzene rings is 1. The smallest absolute Gasteiger partial charge is 0.241 e. The zero-order valence-corrected chi connectivity index (χ0v) is 12.9. The van der Waals surface area contributed by atoms with Gasteiger partial charge in [0.15, 0.2) is 0 Å². The molecule has 1 aromatic rings. The summed E-state index contributed by atoms with van der Waals surface area (Å²) in [6, 6.07) is 5.95. The fourth-order valence-electron chi connectivity index (χ4n) is 3.38. The highest BCUT2D eigenvalue weighted by Crippen LogP contribution is 2.33. The highest BCUT2D eigenvalue weighted by Gasteiger charge is 2.38. The minimum Gasteiger partial charge on any atom is -0.397 e. The molecule has 2 aliphatic rings. The Bertz CT molecular complexity index is 506. The summed E-state index contributed by atoms with van der Waals surface area (Å²) in [7, 11) is 0. The molecule has 0 unspecified atom stereocenters. The van der Waals surface area contributed by atoms with Crippen LogP contribution in [0.15, 0.2) is 22.7 Å². The standard InChI is InChI=1S/C15H20BrN3O/c16-10-5-6-11(17)13(8-10)19-15(20)14-7-9-3-1-2-4-12(9)18-14/h5-6,8-9,12,14,18H,1-4,7,17H2,(H,19,20)/t9-,12-,14-/m0/s1. The number of nitrogens with two attached hydrogens (primary N) is 1. The topological polar surface area (TPSA) is 67.1 Å². The predicted octanol–water partition coefficient (Wildman–Crippen LogP) is 2.89. The average molecular weight is 338 g/mol. The first-order valence-corrected chi connectivity index (χ1v) is 8.05. The van der Waals surface area contributed by atoms with Crippen molar-refractivity contribution in [3.05, 3.63) is 22.7 Å². The molecule has 3 atom stereocenters. The number of halogens is 1. The van der Waals surface area contributed by atoms with Gasteiger partial charge >= 0.3 is 0 Å². The van der Waals surface area contributed by atoms with Gasteiger partial charge in [0.05, 0.1) is 17.4 Å². The third-order valence-electron chi connectivity index (χ3n) is 4.45. The number of anilines is 2. The van der Waals surface area contributed by atoms with Crippen molar-refractivity contribution in [1.29, 1.82) is 0 Å². The molecule has 0 radical (unpaired) electrons. The van der Waals surface area contributed by atoms with E-state index in [-0.39, 0.29) is 11.9 Å². The SMILES string of the molecule is Nc1ccc(Br)cc1NC(=O)[C@@H]1C[C@@H]2CCCC[C@@H]2N1. The summed E-state index contributed by atoms with van der Waals surface area (Å²) < 4.78 is 0.912. The molecule has 3 rings (SSSR count). The first-order chi connectivity index (χ1) is 9.63. The van der Waals surface area contributed by atoms with Crippen molar-refractivity contribution < 1.29 is 4.79 Å². The van der Waals surface area contributed by atoms with Crippen LogP contribution in [0.3, 0.4) is 0 Å². The van der Waals surface area contributed by atoms with Gasteiger partial charge in [-0.3, -0.25) is 4.79 Å². The molecule has 1 saturated heterocycles. The number of nitrogens with one attached hydrogen (secondary N) is 2. The summed E-state index contributed by atoms with van der Waals surface area (Å²) in [6.45, 7) is 0. The van der Waals surface area contributed by atoms with E-state index in [0.29, 0.717) is 23.3 Å². The molecule has 108 valence electrons. The average Bonchev–Trinajstić information content (AvgIpc) is 2.87. The molecule has 1 aliphatic carbocycles. The van der Waals surface area contributed by atoms with Crippen LogP contribution in [0.25, 0.3) is 0 Å². The van der Waals surface area contributed by atoms with Crippen molar-refractivity contribution in [2.45, 2.75) is 44.2 Å². The Labute approximate surface area is 127 Å².